The number of hydrogen-bond acceptors (Lipinski definition) is 4. The molecule has 1 rings (SSSR count). The standard InChI is InChI=1S/C15H24O4/c1-13(8-9-15(10-16)19-12-17-2)18-11-14-6-4-3-5-7-14/h3-7,13,15-16H,8-12H2,1-2H3/t13-,15+/m0/s1. The van der Waals surface area contributed by atoms with Gasteiger partial charge in [-0.25, -0.2) is 0 Å². The van der Waals surface area contributed by atoms with Crippen LogP contribution in [0.4, 0.5) is 0 Å². The molecule has 0 aromatic heterocycles. The fourth-order valence-electron chi connectivity index (χ4n) is 1.71. The van der Waals surface area contributed by atoms with Gasteiger partial charge in [0.1, 0.15) is 6.79 Å². The van der Waals surface area contributed by atoms with Crippen molar-refractivity contribution in [2.45, 2.75) is 38.6 Å². The SMILES string of the molecule is COCO[C@@H](CO)CC[C@H](C)OCc1ccccc1. The maximum absolute atomic E-state index is 9.15. The molecule has 0 fully saturated rings. The van der Waals surface area contributed by atoms with Crippen LogP contribution in [-0.2, 0) is 20.8 Å². The smallest absolute Gasteiger partial charge is 0.146 e. The number of methoxy groups -OCH3 is 1. The van der Waals surface area contributed by atoms with Crippen molar-refractivity contribution < 1.29 is 19.3 Å². The Kier molecular flexibility index (Phi) is 8.41. The number of rotatable bonds is 10. The van der Waals surface area contributed by atoms with E-state index in [1.165, 1.54) is 5.56 Å². The van der Waals surface area contributed by atoms with Gasteiger partial charge in [-0.05, 0) is 25.3 Å². The molecule has 4 heteroatoms. The third kappa shape index (κ3) is 7.28. The molecule has 1 N–H and O–H groups in total. The van der Waals surface area contributed by atoms with E-state index in [0.29, 0.717) is 6.61 Å². The summed E-state index contributed by atoms with van der Waals surface area (Å²) in [7, 11) is 1.57. The van der Waals surface area contributed by atoms with Crippen molar-refractivity contribution in [2.24, 2.45) is 0 Å². The van der Waals surface area contributed by atoms with E-state index in [-0.39, 0.29) is 25.6 Å². The van der Waals surface area contributed by atoms with Crippen LogP contribution in [-0.4, -0.2) is 37.8 Å². The Hall–Kier alpha value is -0.940. The molecule has 0 bridgehead atoms. The van der Waals surface area contributed by atoms with Gasteiger partial charge in [0.05, 0.1) is 25.4 Å². The van der Waals surface area contributed by atoms with Crippen LogP contribution in [0.15, 0.2) is 30.3 Å². The van der Waals surface area contributed by atoms with Gasteiger partial charge in [0.25, 0.3) is 0 Å². The summed E-state index contributed by atoms with van der Waals surface area (Å²) in [6.45, 7) is 2.87. The topological polar surface area (TPSA) is 47.9 Å². The number of hydrogen-bond donors (Lipinski definition) is 1. The first-order chi connectivity index (χ1) is 9.26. The van der Waals surface area contributed by atoms with Gasteiger partial charge in [0.15, 0.2) is 0 Å². The van der Waals surface area contributed by atoms with E-state index in [1.54, 1.807) is 7.11 Å². The van der Waals surface area contributed by atoms with Crippen LogP contribution in [0.5, 0.6) is 0 Å². The highest BCUT2D eigenvalue weighted by atomic mass is 16.7. The highest BCUT2D eigenvalue weighted by molar-refractivity contribution is 5.13. The molecule has 0 saturated heterocycles. The summed E-state index contributed by atoms with van der Waals surface area (Å²) >= 11 is 0. The van der Waals surface area contributed by atoms with Crippen LogP contribution in [0.2, 0.25) is 0 Å². The van der Waals surface area contributed by atoms with Crippen molar-refractivity contribution in [2.75, 3.05) is 20.5 Å². The molecule has 19 heavy (non-hydrogen) atoms. The van der Waals surface area contributed by atoms with E-state index in [4.69, 9.17) is 19.3 Å². The Labute approximate surface area is 115 Å². The predicted octanol–water partition coefficient (Wildman–Crippen LogP) is 2.35. The Morgan fingerprint density at radius 1 is 1.11 bits per heavy atom. The van der Waals surface area contributed by atoms with Gasteiger partial charge in [0.2, 0.25) is 0 Å². The second-order valence-corrected chi connectivity index (χ2v) is 4.56. The zero-order valence-corrected chi connectivity index (χ0v) is 11.7. The van der Waals surface area contributed by atoms with Gasteiger partial charge in [-0.2, -0.15) is 0 Å². The fourth-order valence-corrected chi connectivity index (χ4v) is 1.71. The van der Waals surface area contributed by atoms with E-state index in [9.17, 15) is 0 Å². The minimum atomic E-state index is -0.178. The van der Waals surface area contributed by atoms with Crippen molar-refractivity contribution in [1.82, 2.24) is 0 Å². The van der Waals surface area contributed by atoms with E-state index < -0.39 is 0 Å². The maximum atomic E-state index is 9.15. The minimum absolute atomic E-state index is 0.00870. The third-order valence-corrected chi connectivity index (χ3v) is 2.90. The van der Waals surface area contributed by atoms with Crippen molar-refractivity contribution in [1.29, 1.82) is 0 Å². The molecule has 1 aromatic rings. The maximum Gasteiger partial charge on any atom is 0.146 e. The van der Waals surface area contributed by atoms with Gasteiger partial charge in [0, 0.05) is 7.11 Å². The summed E-state index contributed by atoms with van der Waals surface area (Å²) < 4.78 is 15.9. The monoisotopic (exact) mass is 268 g/mol. The molecule has 0 aliphatic heterocycles. The number of aliphatic hydroxyl groups is 1. The lowest BCUT2D eigenvalue weighted by molar-refractivity contribution is -0.0934. The molecule has 0 heterocycles. The highest BCUT2D eigenvalue weighted by Gasteiger charge is 2.11. The minimum Gasteiger partial charge on any atom is -0.394 e. The molecule has 108 valence electrons. The van der Waals surface area contributed by atoms with Crippen LogP contribution < -0.4 is 0 Å². The first-order valence-electron chi connectivity index (χ1n) is 6.63. The van der Waals surface area contributed by atoms with Crippen molar-refractivity contribution in [3.63, 3.8) is 0 Å². The molecule has 0 aliphatic rings. The van der Waals surface area contributed by atoms with E-state index in [2.05, 4.69) is 0 Å². The summed E-state index contributed by atoms with van der Waals surface area (Å²) in [5, 5.41) is 9.15. The Balaban J connectivity index is 2.18. The zero-order valence-electron chi connectivity index (χ0n) is 11.7. The molecular weight excluding hydrogens is 244 g/mol. The Morgan fingerprint density at radius 2 is 1.84 bits per heavy atom. The Morgan fingerprint density at radius 3 is 2.47 bits per heavy atom. The number of aliphatic hydroxyl groups excluding tert-OH is 1. The molecule has 2 atom stereocenters. The van der Waals surface area contributed by atoms with E-state index in [1.807, 2.05) is 37.3 Å². The van der Waals surface area contributed by atoms with Crippen molar-refractivity contribution in [3.05, 3.63) is 35.9 Å². The molecule has 0 spiro atoms. The van der Waals surface area contributed by atoms with Crippen molar-refractivity contribution >= 4 is 0 Å². The van der Waals surface area contributed by atoms with Crippen LogP contribution in [0.3, 0.4) is 0 Å². The second-order valence-electron chi connectivity index (χ2n) is 4.56. The molecule has 0 saturated carbocycles. The van der Waals surface area contributed by atoms with Crippen LogP contribution in [0, 0.1) is 0 Å². The molecule has 0 aliphatic carbocycles. The number of ether oxygens (including phenoxy) is 3. The molecule has 0 unspecified atom stereocenters. The van der Waals surface area contributed by atoms with Gasteiger partial charge >= 0.3 is 0 Å². The zero-order chi connectivity index (χ0) is 13.9. The fraction of sp³-hybridized carbons (Fsp3) is 0.600. The predicted molar refractivity (Wildman–Crippen MR) is 73.8 cm³/mol. The second kappa shape index (κ2) is 9.92. The number of benzene rings is 1. The van der Waals surface area contributed by atoms with Crippen LogP contribution in [0.25, 0.3) is 0 Å². The third-order valence-electron chi connectivity index (χ3n) is 2.90. The Bertz CT molecular complexity index is 315. The van der Waals surface area contributed by atoms with Crippen LogP contribution in [0.1, 0.15) is 25.3 Å². The van der Waals surface area contributed by atoms with Gasteiger partial charge in [-0.3, -0.25) is 0 Å². The highest BCUT2D eigenvalue weighted by Crippen LogP contribution is 2.10. The largest absolute Gasteiger partial charge is 0.394 e. The van der Waals surface area contributed by atoms with Crippen LogP contribution >= 0.6 is 0 Å². The summed E-state index contributed by atoms with van der Waals surface area (Å²) in [5.41, 5.74) is 1.17. The van der Waals surface area contributed by atoms with E-state index >= 15 is 0 Å². The lowest BCUT2D eigenvalue weighted by Gasteiger charge is -2.18. The summed E-state index contributed by atoms with van der Waals surface area (Å²) in [6, 6.07) is 10.1. The quantitative estimate of drug-likeness (QED) is 0.662. The van der Waals surface area contributed by atoms with Crippen molar-refractivity contribution in [3.8, 4) is 0 Å². The first kappa shape index (κ1) is 16.1. The molecular formula is C15H24O4. The molecule has 1 aromatic carbocycles. The van der Waals surface area contributed by atoms with Gasteiger partial charge in [-0.15, -0.1) is 0 Å². The average molecular weight is 268 g/mol. The average Bonchev–Trinajstić information content (AvgIpc) is 2.46. The van der Waals surface area contributed by atoms with Gasteiger partial charge in [-0.1, -0.05) is 30.3 Å². The normalized spacial score (nSPS) is 14.3. The molecule has 4 nitrogen and oxygen atoms in total. The van der Waals surface area contributed by atoms with E-state index in [0.717, 1.165) is 12.8 Å². The summed E-state index contributed by atoms with van der Waals surface area (Å²) in [6.07, 6.45) is 1.57. The summed E-state index contributed by atoms with van der Waals surface area (Å²) in [5.74, 6) is 0. The molecule has 0 radical (unpaired) electrons. The summed E-state index contributed by atoms with van der Waals surface area (Å²) in [4.78, 5) is 0. The first-order valence-corrected chi connectivity index (χ1v) is 6.63. The van der Waals surface area contributed by atoms with Gasteiger partial charge < -0.3 is 19.3 Å². The molecule has 0 amide bonds. The lowest BCUT2D eigenvalue weighted by atomic mass is 10.1. The lowest BCUT2D eigenvalue weighted by Crippen LogP contribution is -2.21.